The van der Waals surface area contributed by atoms with E-state index in [0.29, 0.717) is 21.9 Å². The van der Waals surface area contributed by atoms with Crippen LogP contribution in [0.15, 0.2) is 53.9 Å². The first kappa shape index (κ1) is 31.9. The van der Waals surface area contributed by atoms with E-state index in [1.165, 1.54) is 68.9 Å². The van der Waals surface area contributed by atoms with Crippen molar-refractivity contribution in [1.82, 2.24) is 10.6 Å². The lowest BCUT2D eigenvalue weighted by atomic mass is 9.99. The molecule has 2 N–H and O–H groups in total. The monoisotopic (exact) mass is 597 g/mol. The first-order chi connectivity index (χ1) is 19.9. The molecule has 0 fully saturated rings. The van der Waals surface area contributed by atoms with Gasteiger partial charge in [-0.15, -0.1) is 11.3 Å². The quantitative estimate of drug-likeness (QED) is 0.317. The summed E-state index contributed by atoms with van der Waals surface area (Å²) in [7, 11) is 5.61. The van der Waals surface area contributed by atoms with Gasteiger partial charge in [0.1, 0.15) is 6.04 Å². The molecule has 1 heterocycles. The van der Waals surface area contributed by atoms with Crippen molar-refractivity contribution in [3.8, 4) is 17.2 Å². The van der Waals surface area contributed by atoms with Crippen LogP contribution in [0.1, 0.15) is 52.4 Å². The second-order valence-electron chi connectivity index (χ2n) is 10.1. The fraction of sp³-hybridized carbons (Fsp3) is 0.333. The highest BCUT2D eigenvalue weighted by atomic mass is 32.1. The molecule has 0 saturated heterocycles. The van der Waals surface area contributed by atoms with Crippen LogP contribution < -0.4 is 29.7 Å². The maximum Gasteiger partial charge on any atom is 0.337 e. The van der Waals surface area contributed by atoms with E-state index < -0.39 is 41.8 Å². The van der Waals surface area contributed by atoms with E-state index in [-0.39, 0.29) is 17.1 Å². The van der Waals surface area contributed by atoms with Crippen LogP contribution in [0.3, 0.4) is 0 Å². The van der Waals surface area contributed by atoms with Crippen LogP contribution in [-0.2, 0) is 14.3 Å². The normalized spacial score (nSPS) is 11.6. The number of hydrogen-bond acceptors (Lipinski definition) is 9. The predicted molar refractivity (Wildman–Crippen MR) is 159 cm³/mol. The average Bonchev–Trinajstić information content (AvgIpc) is 3.51. The van der Waals surface area contributed by atoms with Crippen LogP contribution in [0, 0.1) is 0 Å². The third-order valence-electron chi connectivity index (χ3n) is 5.99. The summed E-state index contributed by atoms with van der Waals surface area (Å²) in [5, 5.41) is 7.34. The number of hydrogen-bond donors (Lipinski definition) is 2. The Hall–Kier alpha value is -4.58. The maximum atomic E-state index is 14.0. The Morgan fingerprint density at radius 2 is 1.52 bits per heavy atom. The summed E-state index contributed by atoms with van der Waals surface area (Å²) in [5.74, 6) is -1.22. The first-order valence-electron chi connectivity index (χ1n) is 12.9. The maximum absolute atomic E-state index is 14.0. The summed E-state index contributed by atoms with van der Waals surface area (Å²) < 4.78 is 21.3. The van der Waals surface area contributed by atoms with Gasteiger partial charge in [-0.05, 0) is 74.2 Å². The van der Waals surface area contributed by atoms with Crippen LogP contribution in [0.5, 0.6) is 17.2 Å². The number of esters is 1. The van der Waals surface area contributed by atoms with Gasteiger partial charge >= 0.3 is 5.97 Å². The van der Waals surface area contributed by atoms with E-state index in [1.807, 2.05) is 20.8 Å². The molecule has 0 aliphatic carbocycles. The van der Waals surface area contributed by atoms with Crippen molar-refractivity contribution >= 4 is 40.7 Å². The molecule has 11 nitrogen and oxygen atoms in total. The summed E-state index contributed by atoms with van der Waals surface area (Å²) in [4.78, 5) is 54.4. The number of rotatable bonds is 11. The molecule has 0 spiro atoms. The van der Waals surface area contributed by atoms with Crippen LogP contribution in [0.2, 0.25) is 0 Å². The Balaban J connectivity index is 2.19. The van der Waals surface area contributed by atoms with Crippen LogP contribution in [-0.4, -0.2) is 64.2 Å². The lowest BCUT2D eigenvalue weighted by Gasteiger charge is -2.34. The first-order valence-corrected chi connectivity index (χ1v) is 13.8. The summed E-state index contributed by atoms with van der Waals surface area (Å²) in [6.45, 7) is 5.03. The SMILES string of the molecule is COC(=O)c1ccc(N(C(=O)CNC(=O)c2cccs2)[C@@H](C(=O)NC(C)(C)C)c2cc(OC)c(OC)c(OC)c2)cc1. The Morgan fingerprint density at radius 3 is 2.00 bits per heavy atom. The van der Waals surface area contributed by atoms with Gasteiger partial charge in [-0.1, -0.05) is 6.07 Å². The van der Waals surface area contributed by atoms with Gasteiger partial charge in [0.05, 0.1) is 45.4 Å². The van der Waals surface area contributed by atoms with Gasteiger partial charge < -0.3 is 29.6 Å². The van der Waals surface area contributed by atoms with Crippen molar-refractivity contribution in [3.05, 3.63) is 69.9 Å². The van der Waals surface area contributed by atoms with Crippen LogP contribution >= 0.6 is 11.3 Å². The number of carbonyl (C=O) groups is 4. The number of benzene rings is 2. The molecule has 0 unspecified atom stereocenters. The Morgan fingerprint density at radius 1 is 0.905 bits per heavy atom. The molecule has 224 valence electrons. The molecule has 2 aromatic carbocycles. The summed E-state index contributed by atoms with van der Waals surface area (Å²) >= 11 is 1.24. The zero-order chi connectivity index (χ0) is 31.0. The Labute approximate surface area is 248 Å². The fourth-order valence-electron chi connectivity index (χ4n) is 4.16. The number of anilines is 1. The molecule has 3 amide bonds. The minimum Gasteiger partial charge on any atom is -0.493 e. The highest BCUT2D eigenvalue weighted by Gasteiger charge is 2.36. The smallest absolute Gasteiger partial charge is 0.337 e. The number of amides is 3. The number of carbonyl (C=O) groups excluding carboxylic acids is 4. The summed E-state index contributed by atoms with van der Waals surface area (Å²) in [6, 6.07) is 11.3. The Bertz CT molecular complexity index is 1390. The van der Waals surface area contributed by atoms with E-state index >= 15 is 0 Å². The predicted octanol–water partition coefficient (Wildman–Crippen LogP) is 3.98. The third-order valence-corrected chi connectivity index (χ3v) is 6.86. The molecule has 3 aromatic rings. The second kappa shape index (κ2) is 13.9. The zero-order valence-electron chi connectivity index (χ0n) is 24.6. The van der Waals surface area contributed by atoms with E-state index in [4.69, 9.17) is 18.9 Å². The van der Waals surface area contributed by atoms with Gasteiger partial charge in [0, 0.05) is 11.2 Å². The molecular formula is C30H35N3O8S. The number of nitrogens with zero attached hydrogens (tertiary/aromatic N) is 1. The zero-order valence-corrected chi connectivity index (χ0v) is 25.4. The number of methoxy groups -OCH3 is 4. The number of ether oxygens (including phenoxy) is 4. The third kappa shape index (κ3) is 7.58. The van der Waals surface area contributed by atoms with E-state index in [1.54, 1.807) is 29.6 Å². The van der Waals surface area contributed by atoms with E-state index in [9.17, 15) is 19.2 Å². The van der Waals surface area contributed by atoms with Crippen molar-refractivity contribution in [1.29, 1.82) is 0 Å². The Kier molecular flexibility index (Phi) is 10.5. The van der Waals surface area contributed by atoms with E-state index in [2.05, 4.69) is 10.6 Å². The van der Waals surface area contributed by atoms with Crippen molar-refractivity contribution in [2.75, 3.05) is 39.9 Å². The molecule has 0 bridgehead atoms. The van der Waals surface area contributed by atoms with Gasteiger partial charge in [0.25, 0.3) is 5.91 Å². The molecule has 0 radical (unpaired) electrons. The topological polar surface area (TPSA) is 132 Å². The standard InChI is InChI=1S/C30H35N3O8S/c1-30(2,3)32-28(36)25(19-15-21(38-4)26(40-6)22(16-19)39-5)33(20-12-10-18(11-13-20)29(37)41-7)24(34)17-31-27(35)23-9-8-14-42-23/h8-16,25H,17H2,1-7H3,(H,31,35)(H,32,36)/t25-/m1/s1. The second-order valence-corrected chi connectivity index (χ2v) is 11.0. The van der Waals surface area contributed by atoms with Crippen LogP contribution in [0.25, 0.3) is 0 Å². The largest absolute Gasteiger partial charge is 0.493 e. The van der Waals surface area contributed by atoms with Gasteiger partial charge in [-0.25, -0.2) is 4.79 Å². The molecule has 0 aliphatic rings. The van der Waals surface area contributed by atoms with Crippen molar-refractivity contribution in [3.63, 3.8) is 0 Å². The highest BCUT2D eigenvalue weighted by molar-refractivity contribution is 7.12. The van der Waals surface area contributed by atoms with Gasteiger partial charge in [-0.2, -0.15) is 0 Å². The highest BCUT2D eigenvalue weighted by Crippen LogP contribution is 2.41. The number of thiophene rings is 1. The van der Waals surface area contributed by atoms with Crippen molar-refractivity contribution in [2.45, 2.75) is 32.4 Å². The molecule has 1 aromatic heterocycles. The minimum atomic E-state index is -1.26. The lowest BCUT2D eigenvalue weighted by molar-refractivity contribution is -0.127. The summed E-state index contributed by atoms with van der Waals surface area (Å²) in [6.07, 6.45) is 0. The van der Waals surface area contributed by atoms with E-state index in [0.717, 1.165) is 0 Å². The molecule has 12 heteroatoms. The molecule has 0 saturated carbocycles. The van der Waals surface area contributed by atoms with Crippen molar-refractivity contribution in [2.24, 2.45) is 0 Å². The fourth-order valence-corrected chi connectivity index (χ4v) is 4.80. The van der Waals surface area contributed by atoms with Gasteiger partial charge in [0.2, 0.25) is 17.6 Å². The molecule has 3 rings (SSSR count). The molecular weight excluding hydrogens is 562 g/mol. The number of nitrogens with one attached hydrogen (secondary N) is 2. The molecule has 1 atom stereocenters. The lowest BCUT2D eigenvalue weighted by Crippen LogP contribution is -2.51. The van der Waals surface area contributed by atoms with Crippen LogP contribution in [0.4, 0.5) is 5.69 Å². The minimum absolute atomic E-state index is 0.253. The van der Waals surface area contributed by atoms with Gasteiger partial charge in [-0.3, -0.25) is 19.3 Å². The molecule has 42 heavy (non-hydrogen) atoms. The molecule has 0 aliphatic heterocycles. The summed E-state index contributed by atoms with van der Waals surface area (Å²) in [5.41, 5.74) is 0.234. The average molecular weight is 598 g/mol. The van der Waals surface area contributed by atoms with Crippen molar-refractivity contribution < 1.29 is 38.1 Å². The van der Waals surface area contributed by atoms with Gasteiger partial charge in [0.15, 0.2) is 11.5 Å².